The minimum Gasteiger partial charge on any atom is -0.293 e. The number of aromatic nitrogens is 4. The van der Waals surface area contributed by atoms with Crippen LogP contribution in [-0.4, -0.2) is 30.7 Å². The van der Waals surface area contributed by atoms with Gasteiger partial charge in [0.05, 0.1) is 11.1 Å². The molecule has 9 heteroatoms. The molecule has 0 unspecified atom stereocenters. The smallest absolute Gasteiger partial charge is 0.263 e. The molecule has 0 bridgehead atoms. The minimum atomic E-state index is -0.0169. The first-order chi connectivity index (χ1) is 13.5. The second kappa shape index (κ2) is 6.82. The van der Waals surface area contributed by atoms with E-state index >= 15 is 0 Å². The Labute approximate surface area is 176 Å². The van der Waals surface area contributed by atoms with Gasteiger partial charge in [0.25, 0.3) is 5.56 Å². The number of ketones is 1. The molecule has 3 aromatic heterocycles. The van der Waals surface area contributed by atoms with Gasteiger partial charge in [-0.3, -0.25) is 14.2 Å². The van der Waals surface area contributed by atoms with Gasteiger partial charge in [-0.25, -0.2) is 4.40 Å². The molecule has 0 saturated heterocycles. The molecule has 0 saturated carbocycles. The third-order valence-electron chi connectivity index (χ3n) is 5.04. The van der Waals surface area contributed by atoms with Crippen LogP contribution in [0.15, 0.2) is 38.7 Å². The number of benzene rings is 1. The zero-order valence-corrected chi connectivity index (χ0v) is 18.2. The molecule has 3 heterocycles. The van der Waals surface area contributed by atoms with Crippen molar-refractivity contribution in [2.75, 3.05) is 5.75 Å². The Balaban J connectivity index is 1.56. The minimum absolute atomic E-state index is 0.0169. The summed E-state index contributed by atoms with van der Waals surface area (Å²) in [6.07, 6.45) is 3.07. The van der Waals surface area contributed by atoms with Crippen molar-refractivity contribution in [3.8, 4) is 0 Å². The van der Waals surface area contributed by atoms with Gasteiger partial charge in [0.2, 0.25) is 5.78 Å². The van der Waals surface area contributed by atoms with E-state index in [1.807, 2.05) is 16.5 Å². The van der Waals surface area contributed by atoms with E-state index in [1.54, 1.807) is 35.1 Å². The van der Waals surface area contributed by atoms with E-state index in [4.69, 9.17) is 0 Å². The van der Waals surface area contributed by atoms with Gasteiger partial charge < -0.3 is 0 Å². The summed E-state index contributed by atoms with van der Waals surface area (Å²) in [6.45, 7) is 0. The van der Waals surface area contributed by atoms with Crippen molar-refractivity contribution in [1.82, 2.24) is 19.2 Å². The maximum atomic E-state index is 12.9. The third-order valence-corrected chi connectivity index (χ3v) is 7.77. The largest absolute Gasteiger partial charge is 0.293 e. The molecule has 0 radical (unpaired) electrons. The third kappa shape index (κ3) is 2.75. The highest BCUT2D eigenvalue weighted by Crippen LogP contribution is 2.37. The maximum Gasteiger partial charge on any atom is 0.263 e. The molecule has 142 valence electrons. The molecule has 0 atom stereocenters. The first-order valence-corrected chi connectivity index (χ1v) is 11.4. The van der Waals surface area contributed by atoms with Crippen LogP contribution in [0.25, 0.3) is 16.0 Å². The molecule has 0 amide bonds. The number of carbonyl (C=O) groups is 1. The van der Waals surface area contributed by atoms with Crippen LogP contribution in [-0.2, 0) is 19.9 Å². The van der Waals surface area contributed by atoms with E-state index in [0.717, 1.165) is 34.0 Å². The van der Waals surface area contributed by atoms with Crippen molar-refractivity contribution in [1.29, 1.82) is 0 Å². The number of thiophene rings is 1. The number of thioether (sulfide) groups is 1. The van der Waals surface area contributed by atoms with Crippen molar-refractivity contribution in [3.63, 3.8) is 0 Å². The van der Waals surface area contributed by atoms with Gasteiger partial charge >= 0.3 is 0 Å². The lowest BCUT2D eigenvalue weighted by atomic mass is 10.2. The average molecular weight is 475 g/mol. The molecular weight excluding hydrogens is 460 g/mol. The molecule has 6 nitrogen and oxygen atoms in total. The Morgan fingerprint density at radius 1 is 1.25 bits per heavy atom. The number of carbonyl (C=O) groups excluding carboxylic acids is 1. The van der Waals surface area contributed by atoms with E-state index in [2.05, 4.69) is 26.1 Å². The standard InChI is InChI=1S/C19H15BrN4O2S2/c1-23-16(26)15-12-3-2-4-14(12)28-17(15)24-18(23)21-22-19(24)27-9-13(25)10-5-7-11(20)8-6-10/h5-8H,2-4,9H2,1H3. The van der Waals surface area contributed by atoms with Crippen LogP contribution in [0.1, 0.15) is 27.2 Å². The number of hydrogen-bond acceptors (Lipinski definition) is 6. The monoisotopic (exact) mass is 474 g/mol. The zero-order chi connectivity index (χ0) is 19.4. The van der Waals surface area contributed by atoms with Gasteiger partial charge in [-0.05, 0) is 37.0 Å². The van der Waals surface area contributed by atoms with Crippen LogP contribution in [0, 0.1) is 0 Å². The fourth-order valence-electron chi connectivity index (χ4n) is 3.63. The van der Waals surface area contributed by atoms with E-state index in [9.17, 15) is 9.59 Å². The summed E-state index contributed by atoms with van der Waals surface area (Å²) in [5, 5.41) is 9.92. The molecule has 4 aromatic rings. The summed E-state index contributed by atoms with van der Waals surface area (Å²) in [5.74, 6) is 0.803. The van der Waals surface area contributed by atoms with Crippen molar-refractivity contribution < 1.29 is 4.79 Å². The highest BCUT2D eigenvalue weighted by molar-refractivity contribution is 9.10. The molecular formula is C19H15BrN4O2S2. The highest BCUT2D eigenvalue weighted by atomic mass is 79.9. The van der Waals surface area contributed by atoms with E-state index in [-0.39, 0.29) is 17.1 Å². The number of rotatable bonds is 4. The van der Waals surface area contributed by atoms with Crippen LogP contribution < -0.4 is 5.56 Å². The van der Waals surface area contributed by atoms with Gasteiger partial charge in [-0.1, -0.05) is 39.8 Å². The van der Waals surface area contributed by atoms with Gasteiger partial charge in [-0.2, -0.15) is 0 Å². The quantitative estimate of drug-likeness (QED) is 0.331. The van der Waals surface area contributed by atoms with Gasteiger partial charge in [0.1, 0.15) is 4.83 Å². The van der Waals surface area contributed by atoms with Crippen LogP contribution >= 0.6 is 39.0 Å². The topological polar surface area (TPSA) is 69.3 Å². The normalized spacial score (nSPS) is 13.5. The Morgan fingerprint density at radius 2 is 2.04 bits per heavy atom. The lowest BCUT2D eigenvalue weighted by molar-refractivity contribution is 0.102. The van der Waals surface area contributed by atoms with Crippen molar-refractivity contribution in [2.24, 2.45) is 7.05 Å². The number of Topliss-reactive ketones (excluding diaryl/α,β-unsaturated/α-hetero) is 1. The number of nitrogens with zero attached hydrogens (tertiary/aromatic N) is 4. The maximum absolute atomic E-state index is 12.9. The number of fused-ring (bicyclic) bond motifs is 5. The molecule has 5 rings (SSSR count). The summed E-state index contributed by atoms with van der Waals surface area (Å²) >= 11 is 6.39. The number of halogens is 1. The summed E-state index contributed by atoms with van der Waals surface area (Å²) in [7, 11) is 1.73. The Morgan fingerprint density at radius 3 is 2.82 bits per heavy atom. The van der Waals surface area contributed by atoms with Crippen LogP contribution in [0.3, 0.4) is 0 Å². The molecule has 0 fully saturated rings. The fraction of sp³-hybridized carbons (Fsp3) is 0.263. The van der Waals surface area contributed by atoms with Gasteiger partial charge in [0.15, 0.2) is 10.9 Å². The summed E-state index contributed by atoms with van der Waals surface area (Å²) in [6, 6.07) is 7.33. The summed E-state index contributed by atoms with van der Waals surface area (Å²) < 4.78 is 4.43. The van der Waals surface area contributed by atoms with Crippen molar-refractivity contribution >= 4 is 60.8 Å². The Bertz CT molecular complexity index is 1300. The summed E-state index contributed by atoms with van der Waals surface area (Å²) in [5.41, 5.74) is 1.83. The zero-order valence-electron chi connectivity index (χ0n) is 14.9. The van der Waals surface area contributed by atoms with Crippen LogP contribution in [0.4, 0.5) is 0 Å². The Hall–Kier alpha value is -1.97. The van der Waals surface area contributed by atoms with E-state index in [1.165, 1.54) is 22.2 Å². The molecule has 1 aromatic carbocycles. The average Bonchev–Trinajstić information content (AvgIpc) is 3.38. The predicted molar refractivity (Wildman–Crippen MR) is 115 cm³/mol. The molecule has 0 spiro atoms. The Kier molecular flexibility index (Phi) is 4.41. The van der Waals surface area contributed by atoms with Crippen molar-refractivity contribution in [2.45, 2.75) is 24.4 Å². The van der Waals surface area contributed by atoms with Crippen LogP contribution in [0.5, 0.6) is 0 Å². The first-order valence-electron chi connectivity index (χ1n) is 8.84. The van der Waals surface area contributed by atoms with E-state index in [0.29, 0.717) is 16.5 Å². The second-order valence-electron chi connectivity index (χ2n) is 6.74. The predicted octanol–water partition coefficient (Wildman–Crippen LogP) is 3.87. The second-order valence-corrected chi connectivity index (χ2v) is 9.68. The number of aryl methyl sites for hydroxylation is 3. The molecule has 28 heavy (non-hydrogen) atoms. The lowest BCUT2D eigenvalue weighted by Crippen LogP contribution is -2.20. The molecule has 1 aliphatic rings. The highest BCUT2D eigenvalue weighted by Gasteiger charge is 2.25. The van der Waals surface area contributed by atoms with Gasteiger partial charge in [0, 0.05) is 22.0 Å². The van der Waals surface area contributed by atoms with Crippen molar-refractivity contribution in [3.05, 3.63) is 55.1 Å². The van der Waals surface area contributed by atoms with Crippen LogP contribution in [0.2, 0.25) is 0 Å². The SMILES string of the molecule is Cn1c(=O)c2c3c(sc2n2c(SCC(=O)c4ccc(Br)cc4)nnc12)CCC3. The van der Waals surface area contributed by atoms with Gasteiger partial charge in [-0.15, -0.1) is 21.5 Å². The lowest BCUT2D eigenvalue weighted by Gasteiger charge is -2.05. The first kappa shape index (κ1) is 18.1. The molecule has 0 aliphatic heterocycles. The summed E-state index contributed by atoms with van der Waals surface area (Å²) in [4.78, 5) is 27.6. The molecule has 1 aliphatic carbocycles. The number of hydrogen-bond donors (Lipinski definition) is 0. The van der Waals surface area contributed by atoms with E-state index < -0.39 is 0 Å². The molecule has 0 N–H and O–H groups in total. The fourth-order valence-corrected chi connectivity index (χ4v) is 6.15.